The first-order valence-corrected chi connectivity index (χ1v) is 8.49. The summed E-state index contributed by atoms with van der Waals surface area (Å²) in [6.07, 6.45) is 8.56. The highest BCUT2D eigenvalue weighted by Gasteiger charge is 2.35. The van der Waals surface area contributed by atoms with Crippen molar-refractivity contribution in [2.24, 2.45) is 17.8 Å². The molecule has 6 nitrogen and oxygen atoms in total. The SMILES string of the molecule is O=C(NC[C@@H]1C[C@H]2C=C[C@H]1C2)c1cc(-n2cnnn2)ccc1Br. The van der Waals surface area contributed by atoms with Gasteiger partial charge in [0, 0.05) is 11.0 Å². The van der Waals surface area contributed by atoms with Gasteiger partial charge in [0.05, 0.1) is 11.3 Å². The molecule has 0 aliphatic heterocycles. The van der Waals surface area contributed by atoms with E-state index in [1.807, 2.05) is 12.1 Å². The van der Waals surface area contributed by atoms with Gasteiger partial charge in [-0.05, 0) is 75.2 Å². The predicted molar refractivity (Wildman–Crippen MR) is 88.0 cm³/mol. The topological polar surface area (TPSA) is 72.7 Å². The molecule has 2 bridgehead atoms. The molecule has 4 rings (SSSR count). The molecule has 1 saturated carbocycles. The van der Waals surface area contributed by atoms with Gasteiger partial charge in [-0.2, -0.15) is 0 Å². The first-order valence-electron chi connectivity index (χ1n) is 7.70. The van der Waals surface area contributed by atoms with Gasteiger partial charge in [-0.25, -0.2) is 4.68 Å². The Bertz CT molecular complexity index is 758. The van der Waals surface area contributed by atoms with E-state index in [9.17, 15) is 4.79 Å². The van der Waals surface area contributed by atoms with Gasteiger partial charge in [0.15, 0.2) is 0 Å². The molecule has 1 aromatic heterocycles. The molecule has 1 fully saturated rings. The van der Waals surface area contributed by atoms with E-state index in [2.05, 4.69) is 48.9 Å². The first kappa shape index (κ1) is 14.6. The zero-order valence-corrected chi connectivity index (χ0v) is 14.0. The highest BCUT2D eigenvalue weighted by atomic mass is 79.9. The van der Waals surface area contributed by atoms with Crippen molar-refractivity contribution in [3.8, 4) is 5.69 Å². The maximum absolute atomic E-state index is 12.5. The van der Waals surface area contributed by atoms with Crippen molar-refractivity contribution in [3.05, 3.63) is 46.7 Å². The van der Waals surface area contributed by atoms with Crippen molar-refractivity contribution >= 4 is 21.8 Å². The van der Waals surface area contributed by atoms with Crippen LogP contribution in [-0.4, -0.2) is 32.7 Å². The van der Waals surface area contributed by atoms with E-state index >= 15 is 0 Å². The van der Waals surface area contributed by atoms with E-state index in [4.69, 9.17) is 0 Å². The second kappa shape index (κ2) is 5.88. The minimum absolute atomic E-state index is 0.0708. The summed E-state index contributed by atoms with van der Waals surface area (Å²) in [6.45, 7) is 0.728. The number of hydrogen-bond acceptors (Lipinski definition) is 4. The van der Waals surface area contributed by atoms with Crippen molar-refractivity contribution in [2.75, 3.05) is 6.54 Å². The number of tetrazole rings is 1. The Hall–Kier alpha value is -2.02. The summed E-state index contributed by atoms with van der Waals surface area (Å²) in [5, 5.41) is 14.2. The second-order valence-electron chi connectivity index (χ2n) is 6.17. The molecule has 0 unspecified atom stereocenters. The Balaban J connectivity index is 1.47. The molecule has 2 aliphatic carbocycles. The lowest BCUT2D eigenvalue weighted by Gasteiger charge is -2.18. The average molecular weight is 374 g/mol. The fraction of sp³-hybridized carbons (Fsp3) is 0.375. The molecule has 0 radical (unpaired) electrons. The van der Waals surface area contributed by atoms with E-state index in [-0.39, 0.29) is 5.91 Å². The van der Waals surface area contributed by atoms with Gasteiger partial charge < -0.3 is 5.32 Å². The summed E-state index contributed by atoms with van der Waals surface area (Å²) in [4.78, 5) is 12.5. The van der Waals surface area contributed by atoms with Crippen molar-refractivity contribution in [1.29, 1.82) is 0 Å². The van der Waals surface area contributed by atoms with Crippen LogP contribution in [0.25, 0.3) is 5.69 Å². The molecular weight excluding hydrogens is 358 g/mol. The van der Waals surface area contributed by atoms with Crippen LogP contribution in [0.15, 0.2) is 41.2 Å². The smallest absolute Gasteiger partial charge is 0.252 e. The zero-order chi connectivity index (χ0) is 15.8. The summed E-state index contributed by atoms with van der Waals surface area (Å²) < 4.78 is 2.30. The number of rotatable bonds is 4. The van der Waals surface area contributed by atoms with Gasteiger partial charge in [0.25, 0.3) is 5.91 Å². The molecule has 23 heavy (non-hydrogen) atoms. The monoisotopic (exact) mass is 373 g/mol. The van der Waals surface area contributed by atoms with Gasteiger partial charge in [0.2, 0.25) is 0 Å². The molecule has 3 atom stereocenters. The van der Waals surface area contributed by atoms with Crippen LogP contribution in [0.5, 0.6) is 0 Å². The standard InChI is InChI=1S/C16H16BrN5O/c17-15-4-3-13(22-9-19-20-21-22)7-14(15)16(23)18-8-12-6-10-1-2-11(12)5-10/h1-4,7,9-12H,5-6,8H2,(H,18,23)/t10-,11-,12-/m0/s1. The van der Waals surface area contributed by atoms with E-state index < -0.39 is 0 Å². The van der Waals surface area contributed by atoms with Crippen LogP contribution in [0.4, 0.5) is 0 Å². The van der Waals surface area contributed by atoms with E-state index in [1.165, 1.54) is 23.9 Å². The molecule has 2 aromatic rings. The second-order valence-corrected chi connectivity index (χ2v) is 7.02. The lowest BCUT2D eigenvalue weighted by Crippen LogP contribution is -2.31. The highest BCUT2D eigenvalue weighted by molar-refractivity contribution is 9.10. The van der Waals surface area contributed by atoms with Gasteiger partial charge in [0.1, 0.15) is 6.33 Å². The minimum atomic E-state index is -0.0708. The lowest BCUT2D eigenvalue weighted by molar-refractivity contribution is 0.0944. The number of halogens is 1. The third-order valence-electron chi connectivity index (χ3n) is 4.75. The van der Waals surface area contributed by atoms with Crippen LogP contribution >= 0.6 is 15.9 Å². The number of carbonyl (C=O) groups is 1. The normalized spacial score (nSPS) is 25.0. The van der Waals surface area contributed by atoms with E-state index in [0.29, 0.717) is 17.4 Å². The van der Waals surface area contributed by atoms with Crippen LogP contribution in [0, 0.1) is 17.8 Å². The number of benzene rings is 1. The fourth-order valence-corrected chi connectivity index (χ4v) is 3.98. The lowest BCUT2D eigenvalue weighted by atomic mass is 9.93. The Morgan fingerprint density at radius 1 is 1.35 bits per heavy atom. The average Bonchev–Trinajstić information content (AvgIpc) is 3.30. The molecule has 2 aliphatic rings. The molecule has 0 saturated heterocycles. The number of amides is 1. The quantitative estimate of drug-likeness (QED) is 0.834. The molecule has 1 amide bonds. The van der Waals surface area contributed by atoms with Crippen LogP contribution in [0.3, 0.4) is 0 Å². The van der Waals surface area contributed by atoms with Gasteiger partial charge in [-0.1, -0.05) is 12.2 Å². The Morgan fingerprint density at radius 2 is 2.26 bits per heavy atom. The van der Waals surface area contributed by atoms with E-state index in [1.54, 1.807) is 6.07 Å². The third-order valence-corrected chi connectivity index (χ3v) is 5.44. The summed E-state index contributed by atoms with van der Waals surface area (Å²) in [7, 11) is 0. The number of nitrogens with one attached hydrogen (secondary N) is 1. The third kappa shape index (κ3) is 2.81. The number of hydrogen-bond donors (Lipinski definition) is 1. The number of allylic oxidation sites excluding steroid dienone is 2. The van der Waals surface area contributed by atoms with Crippen molar-refractivity contribution in [2.45, 2.75) is 12.8 Å². The molecule has 118 valence electrons. The molecule has 1 heterocycles. The molecule has 0 spiro atoms. The minimum Gasteiger partial charge on any atom is -0.352 e. The van der Waals surface area contributed by atoms with Crippen molar-refractivity contribution in [3.63, 3.8) is 0 Å². The van der Waals surface area contributed by atoms with E-state index in [0.717, 1.165) is 22.6 Å². The summed E-state index contributed by atoms with van der Waals surface area (Å²) >= 11 is 3.45. The predicted octanol–water partition coefficient (Wildman–Crippen LogP) is 2.37. The summed E-state index contributed by atoms with van der Waals surface area (Å²) in [5.74, 6) is 1.85. The maximum Gasteiger partial charge on any atom is 0.252 e. The largest absolute Gasteiger partial charge is 0.352 e. The van der Waals surface area contributed by atoms with Gasteiger partial charge in [-0.3, -0.25) is 4.79 Å². The molecule has 1 aromatic carbocycles. The summed E-state index contributed by atoms with van der Waals surface area (Å²) in [5.41, 5.74) is 1.35. The Labute approximate surface area is 142 Å². The van der Waals surface area contributed by atoms with Crippen LogP contribution in [0.1, 0.15) is 23.2 Å². The highest BCUT2D eigenvalue weighted by Crippen LogP contribution is 2.42. The molecule has 7 heteroatoms. The van der Waals surface area contributed by atoms with Crippen LogP contribution < -0.4 is 5.32 Å². The van der Waals surface area contributed by atoms with Crippen LogP contribution in [0.2, 0.25) is 0 Å². The van der Waals surface area contributed by atoms with Gasteiger partial charge in [-0.15, -0.1) is 5.10 Å². The zero-order valence-electron chi connectivity index (χ0n) is 12.4. The molecular formula is C16H16BrN5O. The molecule has 1 N–H and O–H groups in total. The van der Waals surface area contributed by atoms with Crippen molar-refractivity contribution < 1.29 is 4.79 Å². The number of aromatic nitrogens is 4. The first-order chi connectivity index (χ1) is 11.2. The maximum atomic E-state index is 12.5. The Morgan fingerprint density at radius 3 is 2.96 bits per heavy atom. The number of nitrogens with zero attached hydrogens (tertiary/aromatic N) is 4. The van der Waals surface area contributed by atoms with Crippen molar-refractivity contribution in [1.82, 2.24) is 25.5 Å². The fourth-order valence-electron chi connectivity index (χ4n) is 3.56. The Kier molecular flexibility index (Phi) is 3.72. The number of fused-ring (bicyclic) bond motifs is 2. The number of carbonyl (C=O) groups excluding carboxylic acids is 1. The van der Waals surface area contributed by atoms with Crippen LogP contribution in [-0.2, 0) is 0 Å². The summed E-state index contributed by atoms with van der Waals surface area (Å²) in [6, 6.07) is 5.49. The van der Waals surface area contributed by atoms with Gasteiger partial charge >= 0.3 is 0 Å².